The molecule has 1 amide bonds. The van der Waals surface area contributed by atoms with Gasteiger partial charge in [-0.2, -0.15) is 5.10 Å². The number of carbonyl (C=O) groups excluding carboxylic acids is 2. The fourth-order valence-corrected chi connectivity index (χ4v) is 4.36. The fourth-order valence-electron chi connectivity index (χ4n) is 2.86. The number of anilines is 1. The van der Waals surface area contributed by atoms with E-state index in [9.17, 15) is 9.59 Å². The monoisotopic (exact) mass is 448 g/mol. The van der Waals surface area contributed by atoms with Gasteiger partial charge >= 0.3 is 5.97 Å². The summed E-state index contributed by atoms with van der Waals surface area (Å²) in [6.45, 7) is 7.89. The lowest BCUT2D eigenvalue weighted by Crippen LogP contribution is -2.31. The Morgan fingerprint density at radius 3 is 2.70 bits per heavy atom. The van der Waals surface area contributed by atoms with Crippen molar-refractivity contribution in [2.75, 3.05) is 11.1 Å². The zero-order valence-electron chi connectivity index (χ0n) is 17.5. The normalized spacial score (nSPS) is 12.0. The van der Waals surface area contributed by atoms with Crippen LogP contribution in [0, 0.1) is 13.8 Å². The maximum atomic E-state index is 12.4. The highest BCUT2D eigenvalue weighted by Gasteiger charge is 2.22. The molecular formula is C19H24N6O3S2. The van der Waals surface area contributed by atoms with Crippen molar-refractivity contribution < 1.29 is 14.3 Å². The summed E-state index contributed by atoms with van der Waals surface area (Å²) in [4.78, 5) is 25.7. The van der Waals surface area contributed by atoms with Crippen LogP contribution in [-0.2, 0) is 27.9 Å². The Kier molecular flexibility index (Phi) is 6.93. The molecular weight excluding hydrogens is 424 g/mol. The third-order valence-corrected chi connectivity index (χ3v) is 6.33. The maximum absolute atomic E-state index is 12.4. The molecule has 0 aromatic carbocycles. The first-order valence-corrected chi connectivity index (χ1v) is 11.3. The standard InChI is InChI=1S/C19H24N6O3S2/c1-6-25-17(14-8-7-9-29-14)21-22-19(25)30-10-15(26)28-13(4)18(27)20-16-11(2)23-24(5)12(16)3/h7-9,13H,6,10H2,1-5H3,(H,20,27). The molecule has 1 atom stereocenters. The highest BCUT2D eigenvalue weighted by molar-refractivity contribution is 7.99. The van der Waals surface area contributed by atoms with Crippen LogP contribution >= 0.6 is 23.1 Å². The molecule has 0 radical (unpaired) electrons. The Morgan fingerprint density at radius 1 is 1.33 bits per heavy atom. The van der Waals surface area contributed by atoms with E-state index in [1.54, 1.807) is 30.0 Å². The van der Waals surface area contributed by atoms with Crippen LogP contribution in [0.2, 0.25) is 0 Å². The summed E-state index contributed by atoms with van der Waals surface area (Å²) in [6.07, 6.45) is -0.928. The van der Waals surface area contributed by atoms with Crippen molar-refractivity contribution in [3.05, 3.63) is 28.9 Å². The number of rotatable bonds is 8. The van der Waals surface area contributed by atoms with Crippen LogP contribution in [0.5, 0.6) is 0 Å². The van der Waals surface area contributed by atoms with Gasteiger partial charge in [0.2, 0.25) is 0 Å². The minimum absolute atomic E-state index is 0.0329. The molecule has 11 heteroatoms. The molecule has 1 N–H and O–H groups in total. The summed E-state index contributed by atoms with van der Waals surface area (Å²) in [5, 5.41) is 18.1. The molecule has 3 aromatic heterocycles. The lowest BCUT2D eigenvalue weighted by atomic mass is 10.3. The molecule has 3 heterocycles. The summed E-state index contributed by atoms with van der Waals surface area (Å²) < 4.78 is 8.93. The molecule has 0 spiro atoms. The second-order valence-electron chi connectivity index (χ2n) is 6.61. The zero-order chi connectivity index (χ0) is 21.8. The van der Waals surface area contributed by atoms with Gasteiger partial charge in [0.25, 0.3) is 5.91 Å². The SMILES string of the molecule is CCn1c(SCC(=O)OC(C)C(=O)Nc2c(C)nn(C)c2C)nnc1-c1cccs1. The Balaban J connectivity index is 1.56. The number of hydrogen-bond donors (Lipinski definition) is 1. The first-order chi connectivity index (χ1) is 14.3. The van der Waals surface area contributed by atoms with Crippen molar-refractivity contribution in [1.29, 1.82) is 0 Å². The largest absolute Gasteiger partial charge is 0.452 e. The van der Waals surface area contributed by atoms with Gasteiger partial charge in [-0.25, -0.2) is 0 Å². The second-order valence-corrected chi connectivity index (χ2v) is 8.50. The molecule has 9 nitrogen and oxygen atoms in total. The lowest BCUT2D eigenvalue weighted by molar-refractivity contribution is -0.150. The number of amides is 1. The van der Waals surface area contributed by atoms with E-state index in [2.05, 4.69) is 20.6 Å². The Hall–Kier alpha value is -2.66. The van der Waals surface area contributed by atoms with Gasteiger partial charge in [-0.15, -0.1) is 21.5 Å². The topological polar surface area (TPSA) is 104 Å². The average molecular weight is 449 g/mol. The summed E-state index contributed by atoms with van der Waals surface area (Å²) in [7, 11) is 1.80. The van der Waals surface area contributed by atoms with Crippen LogP contribution in [-0.4, -0.2) is 48.3 Å². The van der Waals surface area contributed by atoms with E-state index >= 15 is 0 Å². The van der Waals surface area contributed by atoms with Crippen molar-refractivity contribution in [1.82, 2.24) is 24.5 Å². The molecule has 30 heavy (non-hydrogen) atoms. The van der Waals surface area contributed by atoms with Crippen LogP contribution in [0.15, 0.2) is 22.7 Å². The summed E-state index contributed by atoms with van der Waals surface area (Å²) in [5.41, 5.74) is 2.17. The van der Waals surface area contributed by atoms with Crippen molar-refractivity contribution in [2.45, 2.75) is 45.5 Å². The number of nitrogens with one attached hydrogen (secondary N) is 1. The van der Waals surface area contributed by atoms with Crippen molar-refractivity contribution in [2.24, 2.45) is 7.05 Å². The van der Waals surface area contributed by atoms with Crippen molar-refractivity contribution >= 4 is 40.7 Å². The van der Waals surface area contributed by atoms with Gasteiger partial charge in [0.1, 0.15) is 0 Å². The summed E-state index contributed by atoms with van der Waals surface area (Å²) in [5.74, 6) is -0.0845. The predicted molar refractivity (Wildman–Crippen MR) is 117 cm³/mol. The molecule has 1 unspecified atom stereocenters. The van der Waals surface area contributed by atoms with Crippen LogP contribution in [0.1, 0.15) is 25.2 Å². The maximum Gasteiger partial charge on any atom is 0.317 e. The third kappa shape index (κ3) is 4.73. The number of aromatic nitrogens is 5. The number of aryl methyl sites for hydroxylation is 2. The third-order valence-electron chi connectivity index (χ3n) is 4.53. The van der Waals surface area contributed by atoms with Crippen molar-refractivity contribution in [3.63, 3.8) is 0 Å². The molecule has 0 saturated heterocycles. The number of ether oxygens (including phenoxy) is 1. The average Bonchev–Trinajstić information content (AvgIpc) is 3.42. The highest BCUT2D eigenvalue weighted by atomic mass is 32.2. The van der Waals surface area contributed by atoms with Crippen molar-refractivity contribution in [3.8, 4) is 10.7 Å². The van der Waals surface area contributed by atoms with Gasteiger partial charge in [0.15, 0.2) is 17.1 Å². The molecule has 160 valence electrons. The first-order valence-electron chi connectivity index (χ1n) is 9.42. The smallest absolute Gasteiger partial charge is 0.317 e. The zero-order valence-corrected chi connectivity index (χ0v) is 19.1. The number of hydrogen-bond acceptors (Lipinski definition) is 8. The molecule has 0 aliphatic carbocycles. The Bertz CT molecular complexity index is 1040. The summed E-state index contributed by atoms with van der Waals surface area (Å²) >= 11 is 2.82. The van der Waals surface area contributed by atoms with Gasteiger partial charge in [-0.05, 0) is 39.1 Å². The number of esters is 1. The van der Waals surface area contributed by atoms with E-state index < -0.39 is 18.0 Å². The highest BCUT2D eigenvalue weighted by Crippen LogP contribution is 2.27. The molecule has 3 aromatic rings. The molecule has 0 saturated carbocycles. The van der Waals surface area contributed by atoms with Gasteiger partial charge in [-0.1, -0.05) is 17.8 Å². The van der Waals surface area contributed by atoms with Gasteiger partial charge in [0, 0.05) is 13.6 Å². The van der Waals surface area contributed by atoms with Gasteiger partial charge in [-0.3, -0.25) is 14.3 Å². The Morgan fingerprint density at radius 2 is 2.10 bits per heavy atom. The fraction of sp³-hybridized carbons (Fsp3) is 0.421. The van der Waals surface area contributed by atoms with Crippen LogP contribution in [0.25, 0.3) is 10.7 Å². The minimum Gasteiger partial charge on any atom is -0.452 e. The van der Waals surface area contributed by atoms with E-state index in [1.807, 2.05) is 42.9 Å². The number of nitrogens with zero attached hydrogens (tertiary/aromatic N) is 5. The second kappa shape index (κ2) is 9.43. The molecule has 0 bridgehead atoms. The first kappa shape index (κ1) is 22.0. The summed E-state index contributed by atoms with van der Waals surface area (Å²) in [6, 6.07) is 3.94. The molecule has 0 aliphatic rings. The molecule has 0 fully saturated rings. The quantitative estimate of drug-likeness (QED) is 0.417. The number of carbonyl (C=O) groups is 2. The number of thioether (sulfide) groups is 1. The lowest BCUT2D eigenvalue weighted by Gasteiger charge is -2.13. The Labute approximate surface area is 182 Å². The van der Waals surface area contributed by atoms with Crippen LogP contribution in [0.3, 0.4) is 0 Å². The van der Waals surface area contributed by atoms with E-state index in [1.165, 1.54) is 11.8 Å². The van der Waals surface area contributed by atoms with E-state index in [-0.39, 0.29) is 5.75 Å². The van der Waals surface area contributed by atoms with Gasteiger partial charge in [0.05, 0.1) is 27.7 Å². The predicted octanol–water partition coefficient (Wildman–Crippen LogP) is 3.04. The van der Waals surface area contributed by atoms with Crippen LogP contribution < -0.4 is 5.32 Å². The number of thiophene rings is 1. The van der Waals surface area contributed by atoms with Gasteiger partial charge < -0.3 is 14.6 Å². The van der Waals surface area contributed by atoms with E-state index in [0.717, 1.165) is 16.4 Å². The minimum atomic E-state index is -0.928. The van der Waals surface area contributed by atoms with E-state index in [4.69, 9.17) is 4.74 Å². The molecule has 0 aliphatic heterocycles. The van der Waals surface area contributed by atoms with Crippen LogP contribution in [0.4, 0.5) is 5.69 Å². The molecule has 3 rings (SSSR count). The van der Waals surface area contributed by atoms with E-state index in [0.29, 0.717) is 23.1 Å².